The molecule has 1 unspecified atom stereocenters. The highest BCUT2D eigenvalue weighted by atomic mass is 16.5. The molecular formula is C16H25N3O2. The van der Waals surface area contributed by atoms with Crippen LogP contribution in [0.1, 0.15) is 19.3 Å². The van der Waals surface area contributed by atoms with Crippen molar-refractivity contribution < 1.29 is 9.53 Å². The normalized spacial score (nSPS) is 19.0. The van der Waals surface area contributed by atoms with Gasteiger partial charge in [-0.2, -0.15) is 0 Å². The maximum atomic E-state index is 11.5. The Balaban J connectivity index is 1.82. The predicted octanol–water partition coefficient (Wildman–Crippen LogP) is 1.71. The van der Waals surface area contributed by atoms with Crippen molar-refractivity contribution in [1.29, 1.82) is 0 Å². The molecule has 1 saturated heterocycles. The molecule has 0 aliphatic carbocycles. The maximum Gasteiger partial charge on any atom is 0.222 e. The van der Waals surface area contributed by atoms with Crippen molar-refractivity contribution in [2.45, 2.75) is 25.3 Å². The summed E-state index contributed by atoms with van der Waals surface area (Å²) in [7, 11) is 4.05. The molecule has 1 aromatic carbocycles. The Kier molecular flexibility index (Phi) is 5.87. The van der Waals surface area contributed by atoms with E-state index in [0.717, 1.165) is 37.4 Å². The topological polar surface area (TPSA) is 53.6 Å². The molecule has 1 aliphatic rings. The van der Waals surface area contributed by atoms with Gasteiger partial charge >= 0.3 is 0 Å². The SMILES string of the molecule is CN(C)CCOc1ccc(NC2CCCNC(=O)C2)cc1. The monoisotopic (exact) mass is 291 g/mol. The van der Waals surface area contributed by atoms with E-state index >= 15 is 0 Å². The lowest BCUT2D eigenvalue weighted by Gasteiger charge is -2.17. The lowest BCUT2D eigenvalue weighted by Crippen LogP contribution is -2.26. The fourth-order valence-electron chi connectivity index (χ4n) is 2.33. The first-order valence-electron chi connectivity index (χ1n) is 7.54. The van der Waals surface area contributed by atoms with Crippen molar-refractivity contribution in [3.63, 3.8) is 0 Å². The van der Waals surface area contributed by atoms with E-state index in [2.05, 4.69) is 15.5 Å². The van der Waals surface area contributed by atoms with Crippen LogP contribution in [0, 0.1) is 0 Å². The van der Waals surface area contributed by atoms with Crippen LogP contribution in [-0.2, 0) is 4.79 Å². The van der Waals surface area contributed by atoms with Gasteiger partial charge in [0.05, 0.1) is 0 Å². The lowest BCUT2D eigenvalue weighted by molar-refractivity contribution is -0.120. The van der Waals surface area contributed by atoms with Gasteiger partial charge in [-0.3, -0.25) is 4.79 Å². The molecule has 1 heterocycles. The van der Waals surface area contributed by atoms with E-state index in [0.29, 0.717) is 13.0 Å². The Morgan fingerprint density at radius 3 is 2.81 bits per heavy atom. The number of likely N-dealkylation sites (N-methyl/N-ethyl adjacent to an activating group) is 1. The molecule has 0 spiro atoms. The van der Waals surface area contributed by atoms with Crippen LogP contribution in [0.4, 0.5) is 5.69 Å². The molecule has 2 rings (SSSR count). The van der Waals surface area contributed by atoms with E-state index in [9.17, 15) is 4.79 Å². The molecule has 2 N–H and O–H groups in total. The fourth-order valence-corrected chi connectivity index (χ4v) is 2.33. The molecule has 5 nitrogen and oxygen atoms in total. The van der Waals surface area contributed by atoms with Crippen LogP contribution in [0.3, 0.4) is 0 Å². The number of amides is 1. The summed E-state index contributed by atoms with van der Waals surface area (Å²) in [5, 5.41) is 6.33. The van der Waals surface area contributed by atoms with Crippen LogP contribution < -0.4 is 15.4 Å². The number of carbonyl (C=O) groups excluding carboxylic acids is 1. The number of anilines is 1. The summed E-state index contributed by atoms with van der Waals surface area (Å²) in [4.78, 5) is 13.6. The summed E-state index contributed by atoms with van der Waals surface area (Å²) in [6.07, 6.45) is 2.58. The van der Waals surface area contributed by atoms with Crippen LogP contribution in [0.25, 0.3) is 0 Å². The predicted molar refractivity (Wildman–Crippen MR) is 84.8 cm³/mol. The Morgan fingerprint density at radius 1 is 1.33 bits per heavy atom. The van der Waals surface area contributed by atoms with Gasteiger partial charge in [0, 0.05) is 31.2 Å². The van der Waals surface area contributed by atoms with Gasteiger partial charge < -0.3 is 20.3 Å². The summed E-state index contributed by atoms with van der Waals surface area (Å²) < 4.78 is 5.67. The van der Waals surface area contributed by atoms with E-state index in [1.54, 1.807) is 0 Å². The van der Waals surface area contributed by atoms with Gasteiger partial charge in [0.15, 0.2) is 0 Å². The standard InChI is InChI=1S/C16H25N3O2/c1-19(2)10-11-21-15-7-5-13(6-8-15)18-14-4-3-9-17-16(20)12-14/h5-8,14,18H,3-4,9-12H2,1-2H3,(H,17,20). The zero-order valence-corrected chi connectivity index (χ0v) is 12.9. The summed E-state index contributed by atoms with van der Waals surface area (Å²) >= 11 is 0. The quantitative estimate of drug-likeness (QED) is 0.838. The molecule has 1 aliphatic heterocycles. The summed E-state index contributed by atoms with van der Waals surface area (Å²) in [5.74, 6) is 1.01. The second-order valence-corrected chi connectivity index (χ2v) is 5.71. The minimum absolute atomic E-state index is 0.133. The third-order valence-corrected chi connectivity index (χ3v) is 3.52. The molecule has 0 saturated carbocycles. The summed E-state index contributed by atoms with van der Waals surface area (Å²) in [6.45, 7) is 2.37. The summed E-state index contributed by atoms with van der Waals surface area (Å²) in [5.41, 5.74) is 1.04. The Hall–Kier alpha value is -1.75. The fraction of sp³-hybridized carbons (Fsp3) is 0.562. The number of nitrogens with zero attached hydrogens (tertiary/aromatic N) is 1. The third-order valence-electron chi connectivity index (χ3n) is 3.52. The summed E-state index contributed by atoms with van der Waals surface area (Å²) in [6, 6.07) is 8.17. The van der Waals surface area contributed by atoms with Crippen molar-refractivity contribution >= 4 is 11.6 Å². The van der Waals surface area contributed by atoms with Crippen LogP contribution in [-0.4, -0.2) is 50.6 Å². The molecule has 1 amide bonds. The molecule has 0 bridgehead atoms. The average molecular weight is 291 g/mol. The number of ether oxygens (including phenoxy) is 1. The first kappa shape index (κ1) is 15.6. The van der Waals surface area contributed by atoms with E-state index in [1.165, 1.54) is 0 Å². The zero-order chi connectivity index (χ0) is 15.1. The van der Waals surface area contributed by atoms with Gasteiger partial charge in [0.1, 0.15) is 12.4 Å². The molecule has 0 aromatic heterocycles. The van der Waals surface area contributed by atoms with Gasteiger partial charge in [0.25, 0.3) is 0 Å². The zero-order valence-electron chi connectivity index (χ0n) is 12.9. The first-order valence-corrected chi connectivity index (χ1v) is 7.54. The Morgan fingerprint density at radius 2 is 2.10 bits per heavy atom. The van der Waals surface area contributed by atoms with E-state index in [1.807, 2.05) is 38.4 Å². The van der Waals surface area contributed by atoms with Gasteiger partial charge in [0.2, 0.25) is 5.91 Å². The molecule has 21 heavy (non-hydrogen) atoms. The van der Waals surface area contributed by atoms with Crippen molar-refractivity contribution in [2.24, 2.45) is 0 Å². The highest BCUT2D eigenvalue weighted by Gasteiger charge is 2.16. The van der Waals surface area contributed by atoms with Crippen molar-refractivity contribution in [1.82, 2.24) is 10.2 Å². The lowest BCUT2D eigenvalue weighted by atomic mass is 10.1. The number of hydrogen-bond donors (Lipinski definition) is 2. The second kappa shape index (κ2) is 7.88. The van der Waals surface area contributed by atoms with Gasteiger partial charge in [-0.15, -0.1) is 0 Å². The largest absolute Gasteiger partial charge is 0.492 e. The smallest absolute Gasteiger partial charge is 0.222 e. The van der Waals surface area contributed by atoms with Crippen molar-refractivity contribution in [3.05, 3.63) is 24.3 Å². The number of carbonyl (C=O) groups is 1. The van der Waals surface area contributed by atoms with Crippen LogP contribution in [0.15, 0.2) is 24.3 Å². The number of benzene rings is 1. The molecular weight excluding hydrogens is 266 g/mol. The highest BCUT2D eigenvalue weighted by molar-refractivity contribution is 5.77. The van der Waals surface area contributed by atoms with E-state index in [-0.39, 0.29) is 11.9 Å². The van der Waals surface area contributed by atoms with Gasteiger partial charge in [-0.1, -0.05) is 0 Å². The van der Waals surface area contributed by atoms with Gasteiger partial charge in [-0.25, -0.2) is 0 Å². The molecule has 0 radical (unpaired) electrons. The molecule has 5 heteroatoms. The van der Waals surface area contributed by atoms with Gasteiger partial charge in [-0.05, 0) is 51.2 Å². The highest BCUT2D eigenvalue weighted by Crippen LogP contribution is 2.19. The first-order chi connectivity index (χ1) is 10.1. The number of nitrogens with one attached hydrogen (secondary N) is 2. The molecule has 1 atom stereocenters. The van der Waals surface area contributed by atoms with Crippen molar-refractivity contribution in [3.8, 4) is 5.75 Å². The van der Waals surface area contributed by atoms with Crippen LogP contribution in [0.2, 0.25) is 0 Å². The third kappa shape index (κ3) is 5.63. The minimum atomic E-state index is 0.133. The van der Waals surface area contributed by atoms with Crippen LogP contribution >= 0.6 is 0 Å². The van der Waals surface area contributed by atoms with E-state index < -0.39 is 0 Å². The average Bonchev–Trinajstić information content (AvgIpc) is 2.65. The Labute approximate surface area is 126 Å². The number of rotatable bonds is 6. The number of hydrogen-bond acceptors (Lipinski definition) is 4. The second-order valence-electron chi connectivity index (χ2n) is 5.71. The molecule has 116 valence electrons. The van der Waals surface area contributed by atoms with Crippen LogP contribution in [0.5, 0.6) is 5.75 Å². The minimum Gasteiger partial charge on any atom is -0.492 e. The Bertz CT molecular complexity index is 445. The van der Waals surface area contributed by atoms with Crippen molar-refractivity contribution in [2.75, 3.05) is 39.1 Å². The molecule has 1 aromatic rings. The molecule has 1 fully saturated rings. The maximum absolute atomic E-state index is 11.5. The van der Waals surface area contributed by atoms with E-state index in [4.69, 9.17) is 4.74 Å².